The molecule has 0 aromatic carbocycles. The van der Waals surface area contributed by atoms with E-state index in [0.717, 1.165) is 23.5 Å². The van der Waals surface area contributed by atoms with Gasteiger partial charge in [0.2, 0.25) is 5.91 Å². The summed E-state index contributed by atoms with van der Waals surface area (Å²) in [6.45, 7) is 1.03. The molecule has 2 N–H and O–H groups in total. The molecule has 22 heavy (non-hydrogen) atoms. The lowest BCUT2D eigenvalue weighted by atomic mass is 9.93. The number of carbonyl (C=O) groups excluding carboxylic acids is 1. The molecule has 2 aromatic rings. The third-order valence-electron chi connectivity index (χ3n) is 3.81. The Morgan fingerprint density at radius 2 is 2.45 bits per heavy atom. The van der Waals surface area contributed by atoms with Crippen molar-refractivity contribution in [3.63, 3.8) is 0 Å². The van der Waals surface area contributed by atoms with Gasteiger partial charge in [-0.25, -0.2) is 9.78 Å². The number of rotatable bonds is 5. The van der Waals surface area contributed by atoms with E-state index in [1.807, 2.05) is 9.78 Å². The molecule has 0 radical (unpaired) electrons. The predicted octanol–water partition coefficient (Wildman–Crippen LogP) is 0.934. The Bertz CT molecular complexity index is 674. The molecule has 3 rings (SSSR count). The van der Waals surface area contributed by atoms with E-state index in [-0.39, 0.29) is 18.2 Å². The Labute approximate surface area is 130 Å². The maximum Gasteiger partial charge on any atom is 0.326 e. The Balaban J connectivity index is 1.66. The van der Waals surface area contributed by atoms with Crippen molar-refractivity contribution in [2.45, 2.75) is 25.3 Å². The van der Waals surface area contributed by atoms with E-state index >= 15 is 0 Å². The number of imidazole rings is 1. The third kappa shape index (κ3) is 3.12. The highest BCUT2D eigenvalue weighted by Gasteiger charge is 2.31. The Morgan fingerprint density at radius 3 is 3.18 bits per heavy atom. The van der Waals surface area contributed by atoms with E-state index in [2.05, 4.69) is 10.3 Å². The number of carbonyl (C=O) groups is 2. The van der Waals surface area contributed by atoms with Crippen LogP contribution in [-0.4, -0.2) is 45.6 Å². The van der Waals surface area contributed by atoms with Crippen LogP contribution >= 0.6 is 11.3 Å². The number of thiazole rings is 1. The second-order valence-corrected chi connectivity index (χ2v) is 6.18. The quantitative estimate of drug-likeness (QED) is 0.854. The number of hydrogen-bond donors (Lipinski definition) is 2. The van der Waals surface area contributed by atoms with Crippen LogP contribution in [0.3, 0.4) is 0 Å². The summed E-state index contributed by atoms with van der Waals surface area (Å²) in [5.41, 5.74) is 0.805. The minimum Gasteiger partial charge on any atom is -0.480 e. The first kappa shape index (κ1) is 15.0. The minimum absolute atomic E-state index is 0.133. The molecule has 1 fully saturated rings. The lowest BCUT2D eigenvalue weighted by Crippen LogP contribution is -2.48. The van der Waals surface area contributed by atoms with Gasteiger partial charge in [0, 0.05) is 36.0 Å². The van der Waals surface area contributed by atoms with Gasteiger partial charge < -0.3 is 15.2 Å². The number of carboxylic acids is 1. The molecule has 7 nitrogen and oxygen atoms in total. The number of nitrogens with zero attached hydrogens (tertiary/aromatic N) is 2. The number of nitrogens with one attached hydrogen (secondary N) is 1. The first-order valence-corrected chi connectivity index (χ1v) is 8.02. The molecule has 0 saturated carbocycles. The van der Waals surface area contributed by atoms with Crippen LogP contribution in [-0.2, 0) is 20.7 Å². The Morgan fingerprint density at radius 1 is 1.59 bits per heavy atom. The molecule has 0 aliphatic carbocycles. The smallest absolute Gasteiger partial charge is 0.326 e. The van der Waals surface area contributed by atoms with Crippen LogP contribution in [0.25, 0.3) is 4.96 Å². The molecule has 0 bridgehead atoms. The van der Waals surface area contributed by atoms with Gasteiger partial charge in [-0.3, -0.25) is 9.20 Å². The maximum atomic E-state index is 12.2. The van der Waals surface area contributed by atoms with Gasteiger partial charge in [-0.05, 0) is 12.8 Å². The summed E-state index contributed by atoms with van der Waals surface area (Å²) >= 11 is 1.45. The van der Waals surface area contributed by atoms with Gasteiger partial charge in [-0.2, -0.15) is 0 Å². The van der Waals surface area contributed by atoms with Gasteiger partial charge in [-0.1, -0.05) is 0 Å². The highest BCUT2D eigenvalue weighted by molar-refractivity contribution is 7.15. The molecule has 8 heteroatoms. The maximum absolute atomic E-state index is 12.2. The third-order valence-corrected chi connectivity index (χ3v) is 4.71. The number of carboxylic acid groups (broad SMARTS) is 1. The highest BCUT2D eigenvalue weighted by atomic mass is 32.1. The number of aromatic nitrogens is 2. The average molecular weight is 323 g/mol. The minimum atomic E-state index is -1.01. The summed E-state index contributed by atoms with van der Waals surface area (Å²) < 4.78 is 7.16. The van der Waals surface area contributed by atoms with Crippen molar-refractivity contribution in [1.29, 1.82) is 0 Å². The lowest BCUT2D eigenvalue weighted by Gasteiger charge is -2.28. The SMILES string of the molecule is O=C(Cc1csc2nccn12)NC(C(=O)O)C1CCCOC1. The fourth-order valence-electron chi connectivity index (χ4n) is 2.70. The van der Waals surface area contributed by atoms with Crippen LogP contribution in [0.2, 0.25) is 0 Å². The van der Waals surface area contributed by atoms with Crippen molar-refractivity contribution < 1.29 is 19.4 Å². The van der Waals surface area contributed by atoms with E-state index in [1.54, 1.807) is 12.4 Å². The lowest BCUT2D eigenvalue weighted by molar-refractivity contribution is -0.145. The van der Waals surface area contributed by atoms with Gasteiger partial charge in [0.25, 0.3) is 0 Å². The molecular weight excluding hydrogens is 306 g/mol. The summed E-state index contributed by atoms with van der Waals surface area (Å²) in [6, 6.07) is -0.898. The number of ether oxygens (including phenoxy) is 1. The van der Waals surface area contributed by atoms with Gasteiger partial charge in [0.15, 0.2) is 4.96 Å². The van der Waals surface area contributed by atoms with Crippen LogP contribution in [0, 0.1) is 5.92 Å². The second-order valence-electron chi connectivity index (χ2n) is 5.34. The largest absolute Gasteiger partial charge is 0.480 e. The molecule has 3 heterocycles. The predicted molar refractivity (Wildman–Crippen MR) is 79.9 cm³/mol. The molecule has 0 spiro atoms. The molecule has 1 aliphatic rings. The zero-order valence-corrected chi connectivity index (χ0v) is 12.7. The zero-order chi connectivity index (χ0) is 15.5. The van der Waals surface area contributed by atoms with Crippen molar-refractivity contribution in [3.8, 4) is 0 Å². The van der Waals surface area contributed by atoms with Crippen molar-refractivity contribution in [1.82, 2.24) is 14.7 Å². The van der Waals surface area contributed by atoms with E-state index in [4.69, 9.17) is 4.74 Å². The Kier molecular flexibility index (Phi) is 4.39. The summed E-state index contributed by atoms with van der Waals surface area (Å²) in [5, 5.41) is 13.9. The zero-order valence-electron chi connectivity index (χ0n) is 11.9. The molecule has 118 valence electrons. The summed E-state index contributed by atoms with van der Waals surface area (Å²) in [4.78, 5) is 28.6. The van der Waals surface area contributed by atoms with E-state index < -0.39 is 12.0 Å². The molecular formula is C14H17N3O4S. The standard InChI is InChI=1S/C14H17N3O4S/c18-11(6-10-8-22-14-15-3-4-17(10)14)16-12(13(19)20)9-2-1-5-21-7-9/h3-4,8-9,12H,1-2,5-7H2,(H,16,18)(H,19,20). The number of fused-ring (bicyclic) bond motifs is 1. The molecule has 2 aromatic heterocycles. The van der Waals surface area contributed by atoms with Crippen LogP contribution in [0.15, 0.2) is 17.8 Å². The monoisotopic (exact) mass is 323 g/mol. The van der Waals surface area contributed by atoms with Gasteiger partial charge in [0.05, 0.1) is 13.0 Å². The van der Waals surface area contributed by atoms with E-state index in [1.165, 1.54) is 11.3 Å². The van der Waals surface area contributed by atoms with Crippen LogP contribution in [0.1, 0.15) is 18.5 Å². The summed E-state index contributed by atoms with van der Waals surface area (Å²) in [5.74, 6) is -1.49. The normalized spacial score (nSPS) is 19.9. The van der Waals surface area contributed by atoms with Crippen LogP contribution < -0.4 is 5.32 Å². The van der Waals surface area contributed by atoms with Crippen molar-refractivity contribution in [2.24, 2.45) is 5.92 Å². The summed E-state index contributed by atoms with van der Waals surface area (Å²) in [7, 11) is 0. The Hall–Kier alpha value is -1.93. The molecule has 1 saturated heterocycles. The summed E-state index contributed by atoms with van der Waals surface area (Å²) in [6.07, 6.45) is 5.17. The highest BCUT2D eigenvalue weighted by Crippen LogP contribution is 2.19. The first-order chi connectivity index (χ1) is 10.6. The van der Waals surface area contributed by atoms with Gasteiger partial charge in [0.1, 0.15) is 6.04 Å². The van der Waals surface area contributed by atoms with Crippen molar-refractivity contribution in [3.05, 3.63) is 23.5 Å². The van der Waals surface area contributed by atoms with Crippen molar-refractivity contribution >= 4 is 28.2 Å². The van der Waals surface area contributed by atoms with Crippen LogP contribution in [0.4, 0.5) is 0 Å². The number of amides is 1. The number of hydrogen-bond acceptors (Lipinski definition) is 5. The molecule has 1 amide bonds. The number of aliphatic carboxylic acids is 1. The fraction of sp³-hybridized carbons (Fsp3) is 0.500. The van der Waals surface area contributed by atoms with Gasteiger partial charge in [-0.15, -0.1) is 11.3 Å². The average Bonchev–Trinajstić information content (AvgIpc) is 3.10. The van der Waals surface area contributed by atoms with E-state index in [9.17, 15) is 14.7 Å². The molecule has 1 aliphatic heterocycles. The molecule has 2 atom stereocenters. The molecule has 2 unspecified atom stereocenters. The second kappa shape index (κ2) is 6.45. The van der Waals surface area contributed by atoms with Crippen molar-refractivity contribution in [2.75, 3.05) is 13.2 Å². The van der Waals surface area contributed by atoms with Gasteiger partial charge >= 0.3 is 5.97 Å². The van der Waals surface area contributed by atoms with Crippen LogP contribution in [0.5, 0.6) is 0 Å². The first-order valence-electron chi connectivity index (χ1n) is 7.14. The fourth-order valence-corrected chi connectivity index (χ4v) is 3.55. The van der Waals surface area contributed by atoms with E-state index in [0.29, 0.717) is 13.2 Å². The topological polar surface area (TPSA) is 92.9 Å².